The van der Waals surface area contributed by atoms with Gasteiger partial charge in [0.2, 0.25) is 0 Å². The third kappa shape index (κ3) is 1.64. The van der Waals surface area contributed by atoms with Crippen molar-refractivity contribution in [1.29, 1.82) is 0 Å². The highest BCUT2D eigenvalue weighted by atomic mass is 15.2. The lowest BCUT2D eigenvalue weighted by molar-refractivity contribution is 0.168. The molecule has 2 aliphatic rings. The van der Waals surface area contributed by atoms with E-state index in [1.165, 1.54) is 51.6 Å². The average Bonchev–Trinajstić information content (AvgIpc) is 2.57. The van der Waals surface area contributed by atoms with Crippen LogP contribution in [0.2, 0.25) is 0 Å². The molecule has 70 valence electrons. The Morgan fingerprint density at radius 2 is 1.58 bits per heavy atom. The standard InChI is InChI=1S/C10H20N2/c11-9-5-1-2-6-10(9)12-7-3-4-8-12/h9-10H,1-8,11H2/t9-,10?/m0/s1. The van der Waals surface area contributed by atoms with Gasteiger partial charge in [0.25, 0.3) is 0 Å². The third-order valence-electron chi connectivity index (χ3n) is 3.39. The quantitative estimate of drug-likeness (QED) is 0.640. The molecule has 0 bridgehead atoms. The van der Waals surface area contributed by atoms with Crippen LogP contribution in [0, 0.1) is 0 Å². The molecule has 1 aliphatic heterocycles. The normalized spacial score (nSPS) is 38.8. The molecule has 0 amide bonds. The van der Waals surface area contributed by atoms with Crippen molar-refractivity contribution in [1.82, 2.24) is 4.90 Å². The second-order valence-electron chi connectivity index (χ2n) is 4.26. The molecule has 2 rings (SSSR count). The van der Waals surface area contributed by atoms with Gasteiger partial charge in [-0.05, 0) is 38.8 Å². The Balaban J connectivity index is 1.91. The Labute approximate surface area is 75.1 Å². The molecule has 0 aromatic heterocycles. The van der Waals surface area contributed by atoms with E-state index in [1.807, 2.05) is 0 Å². The Bertz CT molecular complexity index is 141. The fourth-order valence-electron chi connectivity index (χ4n) is 2.67. The second kappa shape index (κ2) is 3.75. The maximum atomic E-state index is 6.12. The summed E-state index contributed by atoms with van der Waals surface area (Å²) in [6.45, 7) is 2.61. The minimum atomic E-state index is 0.469. The van der Waals surface area contributed by atoms with Gasteiger partial charge >= 0.3 is 0 Å². The maximum absolute atomic E-state index is 6.12. The summed E-state index contributed by atoms with van der Waals surface area (Å²) in [6, 6.07) is 1.19. The van der Waals surface area contributed by atoms with Crippen LogP contribution in [0.3, 0.4) is 0 Å². The summed E-state index contributed by atoms with van der Waals surface area (Å²) in [5.74, 6) is 0. The van der Waals surface area contributed by atoms with E-state index < -0.39 is 0 Å². The number of likely N-dealkylation sites (tertiary alicyclic amines) is 1. The van der Waals surface area contributed by atoms with E-state index in [4.69, 9.17) is 5.73 Å². The Morgan fingerprint density at radius 3 is 2.25 bits per heavy atom. The molecule has 2 atom stereocenters. The molecule has 0 aromatic carbocycles. The van der Waals surface area contributed by atoms with Crippen molar-refractivity contribution in [2.75, 3.05) is 13.1 Å². The molecule has 2 nitrogen and oxygen atoms in total. The zero-order valence-electron chi connectivity index (χ0n) is 7.84. The summed E-state index contributed by atoms with van der Waals surface area (Å²) in [7, 11) is 0. The van der Waals surface area contributed by atoms with Gasteiger partial charge in [-0.25, -0.2) is 0 Å². The smallest absolute Gasteiger partial charge is 0.0247 e. The fraction of sp³-hybridized carbons (Fsp3) is 1.00. The minimum Gasteiger partial charge on any atom is -0.326 e. The van der Waals surface area contributed by atoms with Gasteiger partial charge < -0.3 is 5.73 Å². The van der Waals surface area contributed by atoms with Crippen LogP contribution in [0.15, 0.2) is 0 Å². The predicted octanol–water partition coefficient (Wildman–Crippen LogP) is 1.35. The monoisotopic (exact) mass is 168 g/mol. The molecule has 1 unspecified atom stereocenters. The molecule has 1 saturated carbocycles. The average molecular weight is 168 g/mol. The molecule has 1 heterocycles. The van der Waals surface area contributed by atoms with Crippen LogP contribution >= 0.6 is 0 Å². The highest BCUT2D eigenvalue weighted by Gasteiger charge is 2.28. The largest absolute Gasteiger partial charge is 0.326 e. The highest BCUT2D eigenvalue weighted by molar-refractivity contribution is 4.87. The number of hydrogen-bond acceptors (Lipinski definition) is 2. The lowest BCUT2D eigenvalue weighted by Crippen LogP contribution is -2.48. The van der Waals surface area contributed by atoms with Crippen LogP contribution in [0.4, 0.5) is 0 Å². The SMILES string of the molecule is N[C@H]1CCCCC1N1CCCC1. The first-order chi connectivity index (χ1) is 5.88. The molecule has 2 heteroatoms. The van der Waals surface area contributed by atoms with Crippen LogP contribution < -0.4 is 5.73 Å². The number of nitrogens with zero attached hydrogens (tertiary/aromatic N) is 1. The van der Waals surface area contributed by atoms with Gasteiger partial charge in [0.1, 0.15) is 0 Å². The van der Waals surface area contributed by atoms with E-state index in [0.717, 1.165) is 6.04 Å². The van der Waals surface area contributed by atoms with Gasteiger partial charge in [0, 0.05) is 12.1 Å². The zero-order valence-corrected chi connectivity index (χ0v) is 7.84. The highest BCUT2D eigenvalue weighted by Crippen LogP contribution is 2.24. The minimum absolute atomic E-state index is 0.469. The van der Waals surface area contributed by atoms with Crippen molar-refractivity contribution in [3.8, 4) is 0 Å². The van der Waals surface area contributed by atoms with E-state index in [2.05, 4.69) is 4.90 Å². The van der Waals surface area contributed by atoms with E-state index >= 15 is 0 Å². The first-order valence-electron chi connectivity index (χ1n) is 5.37. The maximum Gasteiger partial charge on any atom is 0.0247 e. The van der Waals surface area contributed by atoms with Crippen molar-refractivity contribution in [3.05, 3.63) is 0 Å². The molecule has 0 aromatic rings. The summed E-state index contributed by atoms with van der Waals surface area (Å²) in [5.41, 5.74) is 6.12. The van der Waals surface area contributed by atoms with Crippen molar-refractivity contribution >= 4 is 0 Å². The van der Waals surface area contributed by atoms with Crippen LogP contribution in [0.25, 0.3) is 0 Å². The van der Waals surface area contributed by atoms with E-state index in [-0.39, 0.29) is 0 Å². The summed E-state index contributed by atoms with van der Waals surface area (Å²) in [6.07, 6.45) is 8.13. The van der Waals surface area contributed by atoms with Gasteiger partial charge in [-0.3, -0.25) is 4.90 Å². The van der Waals surface area contributed by atoms with Crippen molar-refractivity contribution in [2.45, 2.75) is 50.6 Å². The molecule has 1 aliphatic carbocycles. The van der Waals surface area contributed by atoms with E-state index in [1.54, 1.807) is 0 Å². The van der Waals surface area contributed by atoms with Crippen molar-refractivity contribution in [2.24, 2.45) is 5.73 Å². The molecule has 2 fully saturated rings. The molecule has 0 radical (unpaired) electrons. The number of rotatable bonds is 1. The summed E-state index contributed by atoms with van der Waals surface area (Å²) in [5, 5.41) is 0. The Kier molecular flexibility index (Phi) is 2.66. The predicted molar refractivity (Wildman–Crippen MR) is 51.0 cm³/mol. The van der Waals surface area contributed by atoms with Crippen molar-refractivity contribution in [3.63, 3.8) is 0 Å². The molecule has 12 heavy (non-hydrogen) atoms. The number of hydrogen-bond donors (Lipinski definition) is 1. The lowest BCUT2D eigenvalue weighted by Gasteiger charge is -2.35. The topological polar surface area (TPSA) is 29.3 Å². The summed E-state index contributed by atoms with van der Waals surface area (Å²) < 4.78 is 0. The lowest BCUT2D eigenvalue weighted by atomic mass is 9.90. The first kappa shape index (κ1) is 8.52. The molecule has 1 saturated heterocycles. The Hall–Kier alpha value is -0.0800. The fourth-order valence-corrected chi connectivity index (χ4v) is 2.67. The number of nitrogens with two attached hydrogens (primary N) is 1. The molecular weight excluding hydrogens is 148 g/mol. The van der Waals surface area contributed by atoms with Crippen LogP contribution in [-0.4, -0.2) is 30.1 Å². The van der Waals surface area contributed by atoms with Gasteiger partial charge in [-0.2, -0.15) is 0 Å². The van der Waals surface area contributed by atoms with Crippen LogP contribution in [0.5, 0.6) is 0 Å². The summed E-state index contributed by atoms with van der Waals surface area (Å²) >= 11 is 0. The molecule has 2 N–H and O–H groups in total. The third-order valence-corrected chi connectivity index (χ3v) is 3.39. The molecular formula is C10H20N2. The zero-order chi connectivity index (χ0) is 8.39. The van der Waals surface area contributed by atoms with Crippen molar-refractivity contribution < 1.29 is 0 Å². The van der Waals surface area contributed by atoms with Gasteiger partial charge in [0.15, 0.2) is 0 Å². The molecule has 0 spiro atoms. The Morgan fingerprint density at radius 1 is 0.917 bits per heavy atom. The second-order valence-corrected chi connectivity index (χ2v) is 4.26. The van der Waals surface area contributed by atoms with Gasteiger partial charge in [0.05, 0.1) is 0 Å². The van der Waals surface area contributed by atoms with E-state index in [9.17, 15) is 0 Å². The van der Waals surface area contributed by atoms with Gasteiger partial charge in [-0.1, -0.05) is 12.8 Å². The first-order valence-corrected chi connectivity index (χ1v) is 5.37. The van der Waals surface area contributed by atoms with E-state index in [0.29, 0.717) is 6.04 Å². The summed E-state index contributed by atoms with van der Waals surface area (Å²) in [4.78, 5) is 2.61. The van der Waals surface area contributed by atoms with Gasteiger partial charge in [-0.15, -0.1) is 0 Å². The van der Waals surface area contributed by atoms with Crippen LogP contribution in [-0.2, 0) is 0 Å². The van der Waals surface area contributed by atoms with Crippen LogP contribution in [0.1, 0.15) is 38.5 Å².